The lowest BCUT2D eigenvalue weighted by Gasteiger charge is -2.45. The Morgan fingerprint density at radius 1 is 0.418 bits per heavy atom. The first-order valence-electron chi connectivity index (χ1n) is 19.9. The second-order valence-corrected chi connectivity index (χ2v) is 25.4. The molecule has 0 unspecified atom stereocenters. The van der Waals surface area contributed by atoms with Gasteiger partial charge in [-0.15, -0.1) is 0 Å². The SMILES string of the molecule is CC(C)(C)[Si](OCC[C@@H](CO[Si](c1ccccc1)(c1ccccc1)C(C)(C)C)N(Cc1ccccc1)Cc1ccccc1)(c1ccccc1)c1ccccc1. The Morgan fingerprint density at radius 2 is 0.709 bits per heavy atom. The lowest BCUT2D eigenvalue weighted by atomic mass is 10.1. The Hall–Kier alpha value is -4.37. The van der Waals surface area contributed by atoms with Crippen molar-refractivity contribution in [3.8, 4) is 0 Å². The smallest absolute Gasteiger partial charge is 0.261 e. The average Bonchev–Trinajstić information content (AvgIpc) is 3.20. The number of rotatable bonds is 16. The van der Waals surface area contributed by atoms with Crippen molar-refractivity contribution in [3.63, 3.8) is 0 Å². The van der Waals surface area contributed by atoms with Gasteiger partial charge in [0.15, 0.2) is 0 Å². The van der Waals surface area contributed by atoms with Crippen molar-refractivity contribution in [2.75, 3.05) is 13.2 Å². The molecule has 0 spiro atoms. The van der Waals surface area contributed by atoms with E-state index in [1.807, 2.05) is 0 Å². The molecular formula is C50H59NO2Si2. The molecule has 284 valence electrons. The molecule has 0 N–H and O–H groups in total. The van der Waals surface area contributed by atoms with E-state index in [-0.39, 0.29) is 16.1 Å². The van der Waals surface area contributed by atoms with Crippen molar-refractivity contribution >= 4 is 37.4 Å². The van der Waals surface area contributed by atoms with Crippen LogP contribution >= 0.6 is 0 Å². The molecule has 0 aliphatic rings. The van der Waals surface area contributed by atoms with Gasteiger partial charge in [-0.3, -0.25) is 4.90 Å². The molecule has 0 saturated heterocycles. The maximum atomic E-state index is 7.76. The Morgan fingerprint density at radius 3 is 1.02 bits per heavy atom. The molecule has 6 aromatic rings. The van der Waals surface area contributed by atoms with Crippen molar-refractivity contribution in [1.82, 2.24) is 4.90 Å². The molecule has 0 aliphatic heterocycles. The maximum absolute atomic E-state index is 7.76. The third-order valence-corrected chi connectivity index (χ3v) is 21.1. The molecule has 0 radical (unpaired) electrons. The van der Waals surface area contributed by atoms with Crippen molar-refractivity contribution in [2.45, 2.75) is 77.2 Å². The minimum absolute atomic E-state index is 0.0697. The zero-order valence-corrected chi connectivity index (χ0v) is 35.7. The molecule has 5 heteroatoms. The lowest BCUT2D eigenvalue weighted by Crippen LogP contribution is -2.67. The molecule has 1 atom stereocenters. The Bertz CT molecular complexity index is 1880. The van der Waals surface area contributed by atoms with E-state index in [1.165, 1.54) is 31.9 Å². The van der Waals surface area contributed by atoms with Gasteiger partial charge in [-0.05, 0) is 48.4 Å². The average molecular weight is 762 g/mol. The quantitative estimate of drug-likeness (QED) is 0.0918. The van der Waals surface area contributed by atoms with Crippen LogP contribution in [0.5, 0.6) is 0 Å². The van der Waals surface area contributed by atoms with Gasteiger partial charge in [-0.25, -0.2) is 0 Å². The molecule has 0 saturated carbocycles. The molecule has 0 aliphatic carbocycles. The van der Waals surface area contributed by atoms with E-state index in [2.05, 4.69) is 228 Å². The van der Waals surface area contributed by atoms with E-state index in [4.69, 9.17) is 8.85 Å². The molecular weight excluding hydrogens is 703 g/mol. The van der Waals surface area contributed by atoms with Gasteiger partial charge in [0.25, 0.3) is 16.6 Å². The van der Waals surface area contributed by atoms with Crippen LogP contribution in [0, 0.1) is 0 Å². The van der Waals surface area contributed by atoms with Crippen molar-refractivity contribution in [3.05, 3.63) is 193 Å². The van der Waals surface area contributed by atoms with Gasteiger partial charge in [0.1, 0.15) is 0 Å². The predicted molar refractivity (Wildman–Crippen MR) is 238 cm³/mol. The van der Waals surface area contributed by atoms with Crippen LogP contribution in [0.1, 0.15) is 59.1 Å². The van der Waals surface area contributed by atoms with E-state index in [9.17, 15) is 0 Å². The molecule has 0 fully saturated rings. The highest BCUT2D eigenvalue weighted by atomic mass is 28.4. The minimum Gasteiger partial charge on any atom is -0.407 e. The molecule has 0 amide bonds. The number of benzene rings is 6. The third-order valence-electron chi connectivity index (χ3n) is 11.1. The molecule has 0 heterocycles. The Kier molecular flexibility index (Phi) is 13.2. The monoisotopic (exact) mass is 761 g/mol. The summed E-state index contributed by atoms with van der Waals surface area (Å²) in [4.78, 5) is 2.64. The summed E-state index contributed by atoms with van der Waals surface area (Å²) in [6.07, 6.45) is 0.822. The first-order valence-corrected chi connectivity index (χ1v) is 23.7. The highest BCUT2D eigenvalue weighted by molar-refractivity contribution is 7.00. The highest BCUT2D eigenvalue weighted by Crippen LogP contribution is 2.39. The standard InChI is InChI=1S/C50H59NO2Si2/c1-49(2,3)54(45-29-17-9-18-30-45,46-31-19-10-20-32-46)52-38-37-44(51(39-42-25-13-7-14-26-42)40-43-27-15-8-16-28-43)41-53-55(50(4,5)6,47-33-21-11-22-34-47)48-35-23-12-24-36-48/h7-36,44H,37-41H2,1-6H3/t44-/m0/s1. The topological polar surface area (TPSA) is 21.7 Å². The molecule has 0 aromatic heterocycles. The predicted octanol–water partition coefficient (Wildman–Crippen LogP) is 9.60. The summed E-state index contributed by atoms with van der Waals surface area (Å²) in [5.41, 5.74) is 2.59. The fraction of sp³-hybridized carbons (Fsp3) is 0.280. The van der Waals surface area contributed by atoms with E-state index in [0.717, 1.165) is 19.5 Å². The lowest BCUT2D eigenvalue weighted by molar-refractivity contribution is 0.0950. The second kappa shape index (κ2) is 18.1. The van der Waals surface area contributed by atoms with Gasteiger partial charge < -0.3 is 8.85 Å². The van der Waals surface area contributed by atoms with Crippen molar-refractivity contribution in [2.24, 2.45) is 0 Å². The van der Waals surface area contributed by atoms with Crippen LogP contribution in [-0.4, -0.2) is 40.8 Å². The fourth-order valence-electron chi connectivity index (χ4n) is 8.41. The van der Waals surface area contributed by atoms with Crippen LogP contribution < -0.4 is 20.7 Å². The summed E-state index contributed by atoms with van der Waals surface area (Å²) in [6.45, 7) is 17.0. The summed E-state index contributed by atoms with van der Waals surface area (Å²) in [5.74, 6) is 0. The number of hydrogen-bond acceptors (Lipinski definition) is 3. The van der Waals surface area contributed by atoms with E-state index < -0.39 is 16.6 Å². The zero-order valence-electron chi connectivity index (χ0n) is 33.7. The second-order valence-electron chi connectivity index (χ2n) is 16.8. The van der Waals surface area contributed by atoms with Crippen LogP contribution in [0.25, 0.3) is 0 Å². The van der Waals surface area contributed by atoms with E-state index in [1.54, 1.807) is 0 Å². The van der Waals surface area contributed by atoms with Gasteiger partial charge in [0.05, 0.1) is 6.61 Å². The van der Waals surface area contributed by atoms with E-state index >= 15 is 0 Å². The minimum atomic E-state index is -2.81. The third kappa shape index (κ3) is 9.20. The van der Waals surface area contributed by atoms with Gasteiger partial charge in [-0.1, -0.05) is 224 Å². The van der Waals surface area contributed by atoms with Crippen LogP contribution in [0.15, 0.2) is 182 Å². The van der Waals surface area contributed by atoms with Gasteiger partial charge >= 0.3 is 0 Å². The largest absolute Gasteiger partial charge is 0.407 e. The summed E-state index contributed by atoms with van der Waals surface area (Å²) in [7, 11) is -5.56. The summed E-state index contributed by atoms with van der Waals surface area (Å²) >= 11 is 0. The first kappa shape index (κ1) is 40.3. The highest BCUT2D eigenvalue weighted by Gasteiger charge is 2.52. The van der Waals surface area contributed by atoms with Crippen molar-refractivity contribution in [1.29, 1.82) is 0 Å². The first-order chi connectivity index (χ1) is 26.5. The molecule has 6 rings (SSSR count). The molecule has 55 heavy (non-hydrogen) atoms. The molecule has 6 aromatic carbocycles. The van der Waals surface area contributed by atoms with Gasteiger partial charge in [0.2, 0.25) is 0 Å². The summed E-state index contributed by atoms with van der Waals surface area (Å²) < 4.78 is 15.3. The van der Waals surface area contributed by atoms with E-state index in [0.29, 0.717) is 13.2 Å². The fourth-order valence-corrected chi connectivity index (χ4v) is 17.6. The summed E-state index contributed by atoms with van der Waals surface area (Å²) in [5, 5.41) is 4.97. The zero-order chi connectivity index (χ0) is 38.8. The number of nitrogens with zero attached hydrogens (tertiary/aromatic N) is 1. The van der Waals surface area contributed by atoms with Crippen LogP contribution in [0.3, 0.4) is 0 Å². The molecule has 3 nitrogen and oxygen atoms in total. The maximum Gasteiger partial charge on any atom is 0.261 e. The van der Waals surface area contributed by atoms with Crippen molar-refractivity contribution < 1.29 is 8.85 Å². The number of hydrogen-bond donors (Lipinski definition) is 0. The van der Waals surface area contributed by atoms with Crippen LogP contribution in [-0.2, 0) is 21.9 Å². The Labute approximate surface area is 333 Å². The Balaban J connectivity index is 1.43. The van der Waals surface area contributed by atoms with Crippen LogP contribution in [0.2, 0.25) is 10.1 Å². The normalized spacial score (nSPS) is 13.1. The van der Waals surface area contributed by atoms with Crippen LogP contribution in [0.4, 0.5) is 0 Å². The van der Waals surface area contributed by atoms with Gasteiger partial charge in [-0.2, -0.15) is 0 Å². The van der Waals surface area contributed by atoms with Gasteiger partial charge in [0, 0.05) is 25.7 Å². The summed E-state index contributed by atoms with van der Waals surface area (Å²) in [6, 6.07) is 65.9. The molecule has 0 bridgehead atoms.